The van der Waals surface area contributed by atoms with E-state index in [9.17, 15) is 22.4 Å². The number of aryl methyl sites for hydroxylation is 1. The molecule has 0 N–H and O–H groups in total. The van der Waals surface area contributed by atoms with Gasteiger partial charge in [0.15, 0.2) is 17.5 Å². The standard InChI is InChI=1S/C24H19F4N5O/c1-31-23(12-7-17(26)21(28)18(27)8-12)15-9-14-3-2-4-20(22(15)30-31)33(14)24(34)16-10-29-32-11-13(25)5-6-19(16)32/h5-8,10-11,14,20H,2-4,9H2,1H3/t14-,20+/m1/s1. The quantitative estimate of drug-likeness (QED) is 0.319. The molecule has 2 bridgehead atoms. The van der Waals surface area contributed by atoms with E-state index in [1.807, 2.05) is 4.90 Å². The number of amides is 1. The van der Waals surface area contributed by atoms with Gasteiger partial charge in [-0.1, -0.05) is 0 Å². The molecule has 1 saturated heterocycles. The molecule has 10 heteroatoms. The van der Waals surface area contributed by atoms with Crippen molar-refractivity contribution >= 4 is 11.4 Å². The van der Waals surface area contributed by atoms with E-state index in [-0.39, 0.29) is 23.6 Å². The maximum absolute atomic E-state index is 14.0. The molecule has 2 atom stereocenters. The summed E-state index contributed by atoms with van der Waals surface area (Å²) in [4.78, 5) is 15.5. The monoisotopic (exact) mass is 469 g/mol. The number of hydrogen-bond donors (Lipinski definition) is 0. The van der Waals surface area contributed by atoms with Crippen molar-refractivity contribution in [3.63, 3.8) is 0 Å². The van der Waals surface area contributed by atoms with Gasteiger partial charge < -0.3 is 4.90 Å². The number of piperidine rings is 1. The second-order valence-corrected chi connectivity index (χ2v) is 8.84. The van der Waals surface area contributed by atoms with E-state index >= 15 is 0 Å². The molecule has 2 aliphatic rings. The third kappa shape index (κ3) is 2.97. The van der Waals surface area contributed by atoms with Crippen molar-refractivity contribution in [2.24, 2.45) is 7.05 Å². The number of nitrogens with zero attached hydrogens (tertiary/aromatic N) is 5. The zero-order chi connectivity index (χ0) is 23.7. The van der Waals surface area contributed by atoms with Crippen molar-refractivity contribution in [1.29, 1.82) is 0 Å². The van der Waals surface area contributed by atoms with Crippen molar-refractivity contribution in [1.82, 2.24) is 24.3 Å². The van der Waals surface area contributed by atoms with Gasteiger partial charge in [0, 0.05) is 24.2 Å². The molecule has 1 fully saturated rings. The Balaban J connectivity index is 1.44. The molecule has 0 unspecified atom stereocenters. The predicted octanol–water partition coefficient (Wildman–Crippen LogP) is 4.58. The molecule has 34 heavy (non-hydrogen) atoms. The molecular weight excluding hydrogens is 450 g/mol. The molecule has 0 saturated carbocycles. The lowest BCUT2D eigenvalue weighted by Crippen LogP contribution is -2.49. The number of carbonyl (C=O) groups excluding carboxylic acids is 1. The SMILES string of the molecule is Cn1nc2c(c1-c1cc(F)c(F)c(F)c1)C[C@H]1CCC[C@@H]2N1C(=O)c1cnn2cc(F)ccc12. The fourth-order valence-electron chi connectivity index (χ4n) is 5.47. The Morgan fingerprint density at radius 2 is 1.85 bits per heavy atom. The highest BCUT2D eigenvalue weighted by atomic mass is 19.2. The van der Waals surface area contributed by atoms with E-state index in [0.29, 0.717) is 35.3 Å². The predicted molar refractivity (Wildman–Crippen MR) is 114 cm³/mol. The van der Waals surface area contributed by atoms with Crippen LogP contribution in [0.4, 0.5) is 17.6 Å². The summed E-state index contributed by atoms with van der Waals surface area (Å²) in [6, 6.07) is 4.29. The minimum Gasteiger partial charge on any atom is -0.327 e. The summed E-state index contributed by atoms with van der Waals surface area (Å²) in [5.41, 5.74) is 3.09. The normalized spacial score (nSPS) is 19.5. The second kappa shape index (κ2) is 7.41. The molecule has 0 radical (unpaired) electrons. The summed E-state index contributed by atoms with van der Waals surface area (Å²) >= 11 is 0. The van der Waals surface area contributed by atoms with Crippen LogP contribution in [0.3, 0.4) is 0 Å². The summed E-state index contributed by atoms with van der Waals surface area (Å²) in [5.74, 6) is -4.71. The van der Waals surface area contributed by atoms with Crippen molar-refractivity contribution < 1.29 is 22.4 Å². The molecule has 174 valence electrons. The van der Waals surface area contributed by atoms with E-state index in [2.05, 4.69) is 10.2 Å². The molecule has 4 aromatic rings. The first-order chi connectivity index (χ1) is 16.3. The fraction of sp³-hybridized carbons (Fsp3) is 0.292. The van der Waals surface area contributed by atoms with Crippen LogP contribution in [0.25, 0.3) is 16.8 Å². The molecule has 6 rings (SSSR count). The van der Waals surface area contributed by atoms with Crippen LogP contribution < -0.4 is 0 Å². The van der Waals surface area contributed by atoms with Crippen molar-refractivity contribution in [2.75, 3.05) is 0 Å². The zero-order valence-electron chi connectivity index (χ0n) is 18.1. The van der Waals surface area contributed by atoms with Gasteiger partial charge in [-0.3, -0.25) is 9.48 Å². The Hall–Kier alpha value is -3.69. The van der Waals surface area contributed by atoms with Gasteiger partial charge in [-0.15, -0.1) is 0 Å². The Kier molecular flexibility index (Phi) is 4.55. The summed E-state index contributed by atoms with van der Waals surface area (Å²) in [5, 5.41) is 8.75. The number of hydrogen-bond acceptors (Lipinski definition) is 3. The lowest BCUT2D eigenvalue weighted by atomic mass is 9.81. The topological polar surface area (TPSA) is 55.4 Å². The van der Waals surface area contributed by atoms with Gasteiger partial charge in [-0.25, -0.2) is 22.1 Å². The van der Waals surface area contributed by atoms with Crippen molar-refractivity contribution in [3.8, 4) is 11.3 Å². The van der Waals surface area contributed by atoms with Gasteiger partial charge in [-0.2, -0.15) is 10.2 Å². The van der Waals surface area contributed by atoms with Crippen LogP contribution in [0.1, 0.15) is 46.9 Å². The Morgan fingerprint density at radius 3 is 2.62 bits per heavy atom. The Bertz CT molecular complexity index is 1450. The first-order valence-electron chi connectivity index (χ1n) is 11.0. The lowest BCUT2D eigenvalue weighted by Gasteiger charge is -2.45. The third-order valence-corrected chi connectivity index (χ3v) is 6.88. The minimum absolute atomic E-state index is 0.146. The van der Waals surface area contributed by atoms with Gasteiger partial charge >= 0.3 is 0 Å². The number of rotatable bonds is 2. The molecule has 3 aromatic heterocycles. The van der Waals surface area contributed by atoms with Crippen molar-refractivity contribution in [2.45, 2.75) is 37.8 Å². The van der Waals surface area contributed by atoms with Crippen LogP contribution in [0.15, 0.2) is 36.7 Å². The molecule has 0 aliphatic carbocycles. The molecule has 2 aliphatic heterocycles. The van der Waals surface area contributed by atoms with E-state index in [1.165, 1.54) is 33.7 Å². The van der Waals surface area contributed by atoms with Crippen LogP contribution >= 0.6 is 0 Å². The Morgan fingerprint density at radius 1 is 1.09 bits per heavy atom. The lowest BCUT2D eigenvalue weighted by molar-refractivity contribution is 0.0394. The molecule has 6 nitrogen and oxygen atoms in total. The van der Waals surface area contributed by atoms with Crippen LogP contribution in [0.5, 0.6) is 0 Å². The van der Waals surface area contributed by atoms with Gasteiger partial charge in [0.2, 0.25) is 0 Å². The first-order valence-corrected chi connectivity index (χ1v) is 11.0. The molecular formula is C24H19F4N5O. The van der Waals surface area contributed by atoms with Crippen LogP contribution in [-0.2, 0) is 13.5 Å². The summed E-state index contributed by atoms with van der Waals surface area (Å²) < 4.78 is 57.9. The summed E-state index contributed by atoms with van der Waals surface area (Å²) in [6.07, 6.45) is 5.46. The summed E-state index contributed by atoms with van der Waals surface area (Å²) in [7, 11) is 1.67. The highest BCUT2D eigenvalue weighted by Gasteiger charge is 2.44. The van der Waals surface area contributed by atoms with E-state index in [4.69, 9.17) is 0 Å². The molecule has 1 amide bonds. The van der Waals surface area contributed by atoms with Gasteiger partial charge in [-0.05, 0) is 49.9 Å². The number of aromatic nitrogens is 4. The fourth-order valence-corrected chi connectivity index (χ4v) is 5.47. The molecule has 1 aromatic carbocycles. The third-order valence-electron chi connectivity index (χ3n) is 6.88. The average molecular weight is 469 g/mol. The highest BCUT2D eigenvalue weighted by Crippen LogP contribution is 2.45. The van der Waals surface area contributed by atoms with Crippen molar-refractivity contribution in [3.05, 3.63) is 76.7 Å². The van der Waals surface area contributed by atoms with Gasteiger partial charge in [0.1, 0.15) is 5.82 Å². The first kappa shape index (κ1) is 20.9. The zero-order valence-corrected chi connectivity index (χ0v) is 18.1. The number of benzene rings is 1. The maximum Gasteiger partial charge on any atom is 0.258 e. The molecule has 0 spiro atoms. The molecule has 5 heterocycles. The van der Waals surface area contributed by atoms with Crippen LogP contribution in [0, 0.1) is 23.3 Å². The van der Waals surface area contributed by atoms with Gasteiger partial charge in [0.25, 0.3) is 5.91 Å². The van der Waals surface area contributed by atoms with E-state index in [0.717, 1.165) is 30.5 Å². The number of carbonyl (C=O) groups is 1. The summed E-state index contributed by atoms with van der Waals surface area (Å²) in [6.45, 7) is 0. The number of fused-ring (bicyclic) bond motifs is 5. The smallest absolute Gasteiger partial charge is 0.258 e. The van der Waals surface area contributed by atoms with Gasteiger partial charge in [0.05, 0.1) is 40.9 Å². The Labute approximate surface area is 191 Å². The number of pyridine rings is 1. The largest absolute Gasteiger partial charge is 0.327 e. The second-order valence-electron chi connectivity index (χ2n) is 8.84. The minimum atomic E-state index is -1.51. The average Bonchev–Trinajstić information content (AvgIpc) is 3.36. The highest BCUT2D eigenvalue weighted by molar-refractivity contribution is 6.01. The van der Waals surface area contributed by atoms with Crippen LogP contribution in [0.2, 0.25) is 0 Å². The number of halogens is 4. The van der Waals surface area contributed by atoms with E-state index in [1.54, 1.807) is 7.05 Å². The van der Waals surface area contributed by atoms with E-state index < -0.39 is 23.3 Å². The van der Waals surface area contributed by atoms with Crippen LogP contribution in [-0.4, -0.2) is 36.2 Å². The maximum atomic E-state index is 14.0.